The zero-order valence-electron chi connectivity index (χ0n) is 11.1. The maximum absolute atomic E-state index is 11.9. The van der Waals surface area contributed by atoms with E-state index in [1.54, 1.807) is 0 Å². The van der Waals surface area contributed by atoms with Gasteiger partial charge in [0.2, 0.25) is 5.91 Å². The van der Waals surface area contributed by atoms with Crippen LogP contribution in [0.4, 0.5) is 0 Å². The maximum atomic E-state index is 11.9. The van der Waals surface area contributed by atoms with Crippen molar-refractivity contribution in [1.82, 2.24) is 15.1 Å². The van der Waals surface area contributed by atoms with Crippen molar-refractivity contribution in [3.05, 3.63) is 0 Å². The molecule has 1 amide bonds. The number of likely N-dealkylation sites (N-methyl/N-ethyl adjacent to an activating group) is 1. The van der Waals surface area contributed by atoms with E-state index in [9.17, 15) is 4.79 Å². The molecule has 1 N–H and O–H groups in total. The molecule has 1 rings (SSSR count). The van der Waals surface area contributed by atoms with Gasteiger partial charge in [-0.15, -0.1) is 0 Å². The van der Waals surface area contributed by atoms with Gasteiger partial charge in [0.25, 0.3) is 0 Å². The highest BCUT2D eigenvalue weighted by Gasteiger charge is 2.17. The number of nitrogens with zero attached hydrogens (tertiary/aromatic N) is 2. The van der Waals surface area contributed by atoms with E-state index in [2.05, 4.69) is 10.2 Å². The van der Waals surface area contributed by atoms with Crippen LogP contribution in [0.1, 0.15) is 13.3 Å². The summed E-state index contributed by atoms with van der Waals surface area (Å²) in [5.74, 6) is 0.241. The minimum absolute atomic E-state index is 0.241. The van der Waals surface area contributed by atoms with Crippen molar-refractivity contribution in [2.24, 2.45) is 0 Å². The Morgan fingerprint density at radius 1 is 1.41 bits per heavy atom. The van der Waals surface area contributed by atoms with Crippen LogP contribution in [0.3, 0.4) is 0 Å². The van der Waals surface area contributed by atoms with Gasteiger partial charge >= 0.3 is 0 Å². The minimum atomic E-state index is 0.241. The fourth-order valence-corrected chi connectivity index (χ4v) is 1.91. The Bertz CT molecular complexity index is 218. The van der Waals surface area contributed by atoms with Crippen LogP contribution in [0.2, 0.25) is 0 Å². The normalized spacial score (nSPS) is 16.5. The second kappa shape index (κ2) is 8.44. The Hall–Kier alpha value is -0.650. The Morgan fingerprint density at radius 2 is 2.12 bits per heavy atom. The molecule has 0 radical (unpaired) electrons. The summed E-state index contributed by atoms with van der Waals surface area (Å²) in [6.45, 7) is 8.49. The van der Waals surface area contributed by atoms with Crippen LogP contribution in [0.5, 0.6) is 0 Å². The SMILES string of the molecule is CCOCCCN(C)CC(=O)N1CCNCC1. The zero-order valence-corrected chi connectivity index (χ0v) is 11.1. The summed E-state index contributed by atoms with van der Waals surface area (Å²) in [6, 6.07) is 0. The summed E-state index contributed by atoms with van der Waals surface area (Å²) in [6.07, 6.45) is 0.985. The molecule has 1 heterocycles. The molecule has 5 nitrogen and oxygen atoms in total. The fourth-order valence-electron chi connectivity index (χ4n) is 1.91. The summed E-state index contributed by atoms with van der Waals surface area (Å²) in [4.78, 5) is 15.9. The second-order valence-corrected chi connectivity index (χ2v) is 4.42. The molecule has 0 aromatic heterocycles. The molecular weight excluding hydrogens is 218 g/mol. The van der Waals surface area contributed by atoms with Gasteiger partial charge in [0.05, 0.1) is 6.54 Å². The Labute approximate surface area is 104 Å². The summed E-state index contributed by atoms with van der Waals surface area (Å²) >= 11 is 0. The van der Waals surface area contributed by atoms with Gasteiger partial charge in [0.1, 0.15) is 0 Å². The zero-order chi connectivity index (χ0) is 12.5. The third-order valence-corrected chi connectivity index (χ3v) is 2.91. The van der Waals surface area contributed by atoms with Crippen LogP contribution >= 0.6 is 0 Å². The smallest absolute Gasteiger partial charge is 0.236 e. The minimum Gasteiger partial charge on any atom is -0.382 e. The van der Waals surface area contributed by atoms with Crippen LogP contribution in [-0.4, -0.2) is 75.2 Å². The number of carbonyl (C=O) groups excluding carboxylic acids is 1. The summed E-state index contributed by atoms with van der Waals surface area (Å²) in [5, 5.41) is 3.25. The van der Waals surface area contributed by atoms with E-state index >= 15 is 0 Å². The number of hydrogen-bond acceptors (Lipinski definition) is 4. The van der Waals surface area contributed by atoms with Gasteiger partial charge in [-0.1, -0.05) is 0 Å². The number of amides is 1. The number of rotatable bonds is 7. The van der Waals surface area contributed by atoms with Gasteiger partial charge in [-0.3, -0.25) is 9.69 Å². The predicted octanol–water partition coefficient (Wildman–Crippen LogP) is -0.223. The number of nitrogens with one attached hydrogen (secondary N) is 1. The largest absolute Gasteiger partial charge is 0.382 e. The molecule has 1 aliphatic rings. The van der Waals surface area contributed by atoms with Crippen molar-refractivity contribution in [2.75, 3.05) is 59.5 Å². The van der Waals surface area contributed by atoms with Crippen molar-refractivity contribution in [3.63, 3.8) is 0 Å². The van der Waals surface area contributed by atoms with Gasteiger partial charge in [-0.2, -0.15) is 0 Å². The molecule has 5 heteroatoms. The lowest BCUT2D eigenvalue weighted by Gasteiger charge is -2.29. The first-order chi connectivity index (χ1) is 8.24. The third kappa shape index (κ3) is 6.00. The molecule has 100 valence electrons. The lowest BCUT2D eigenvalue weighted by atomic mass is 10.3. The summed E-state index contributed by atoms with van der Waals surface area (Å²) < 4.78 is 5.27. The molecule has 1 aliphatic heterocycles. The summed E-state index contributed by atoms with van der Waals surface area (Å²) in [5.41, 5.74) is 0. The molecule has 0 aromatic rings. The lowest BCUT2D eigenvalue weighted by molar-refractivity contribution is -0.132. The molecule has 0 aromatic carbocycles. The molecule has 0 spiro atoms. The number of carbonyl (C=O) groups is 1. The molecular formula is C12H25N3O2. The lowest BCUT2D eigenvalue weighted by Crippen LogP contribution is -2.49. The molecule has 0 aliphatic carbocycles. The number of hydrogen-bond donors (Lipinski definition) is 1. The van der Waals surface area contributed by atoms with Crippen molar-refractivity contribution >= 4 is 5.91 Å². The molecule has 17 heavy (non-hydrogen) atoms. The predicted molar refractivity (Wildman–Crippen MR) is 68.1 cm³/mol. The average Bonchev–Trinajstić information content (AvgIpc) is 2.36. The van der Waals surface area contributed by atoms with E-state index in [4.69, 9.17) is 4.74 Å². The van der Waals surface area contributed by atoms with E-state index in [-0.39, 0.29) is 5.91 Å². The second-order valence-electron chi connectivity index (χ2n) is 4.42. The van der Waals surface area contributed by atoms with Gasteiger partial charge in [-0.05, 0) is 20.4 Å². The van der Waals surface area contributed by atoms with E-state index in [1.165, 1.54) is 0 Å². The van der Waals surface area contributed by atoms with Crippen LogP contribution in [0.25, 0.3) is 0 Å². The Kier molecular flexibility index (Phi) is 7.16. The topological polar surface area (TPSA) is 44.8 Å². The van der Waals surface area contributed by atoms with Gasteiger partial charge < -0.3 is 15.0 Å². The molecule has 0 atom stereocenters. The molecule has 0 saturated carbocycles. The Morgan fingerprint density at radius 3 is 2.76 bits per heavy atom. The first-order valence-electron chi connectivity index (χ1n) is 6.48. The first-order valence-corrected chi connectivity index (χ1v) is 6.48. The molecule has 0 unspecified atom stereocenters. The van der Waals surface area contributed by atoms with Gasteiger partial charge in [0, 0.05) is 45.9 Å². The van der Waals surface area contributed by atoms with Gasteiger partial charge in [0.15, 0.2) is 0 Å². The van der Waals surface area contributed by atoms with Crippen molar-refractivity contribution in [1.29, 1.82) is 0 Å². The molecule has 1 fully saturated rings. The van der Waals surface area contributed by atoms with Crippen LogP contribution in [0.15, 0.2) is 0 Å². The van der Waals surface area contributed by atoms with Crippen molar-refractivity contribution in [3.8, 4) is 0 Å². The number of ether oxygens (including phenoxy) is 1. The van der Waals surface area contributed by atoms with Crippen molar-refractivity contribution in [2.45, 2.75) is 13.3 Å². The van der Waals surface area contributed by atoms with Crippen LogP contribution < -0.4 is 5.32 Å². The highest BCUT2D eigenvalue weighted by atomic mass is 16.5. The van der Waals surface area contributed by atoms with E-state index in [1.807, 2.05) is 18.9 Å². The van der Waals surface area contributed by atoms with E-state index < -0.39 is 0 Å². The van der Waals surface area contributed by atoms with Crippen LogP contribution in [0, 0.1) is 0 Å². The highest BCUT2D eigenvalue weighted by Crippen LogP contribution is 1.96. The van der Waals surface area contributed by atoms with E-state index in [0.717, 1.165) is 52.4 Å². The van der Waals surface area contributed by atoms with Crippen LogP contribution in [-0.2, 0) is 9.53 Å². The van der Waals surface area contributed by atoms with E-state index in [0.29, 0.717) is 6.54 Å². The molecule has 1 saturated heterocycles. The fraction of sp³-hybridized carbons (Fsp3) is 0.917. The standard InChI is InChI=1S/C12H25N3O2/c1-3-17-10-4-7-14(2)11-12(16)15-8-5-13-6-9-15/h13H,3-11H2,1-2H3. The number of piperazine rings is 1. The monoisotopic (exact) mass is 243 g/mol. The Balaban J connectivity index is 2.11. The first kappa shape index (κ1) is 14.4. The van der Waals surface area contributed by atoms with Crippen molar-refractivity contribution < 1.29 is 9.53 Å². The maximum Gasteiger partial charge on any atom is 0.236 e. The van der Waals surface area contributed by atoms with Gasteiger partial charge in [-0.25, -0.2) is 0 Å². The quantitative estimate of drug-likeness (QED) is 0.628. The molecule has 0 bridgehead atoms. The summed E-state index contributed by atoms with van der Waals surface area (Å²) in [7, 11) is 1.99. The highest BCUT2D eigenvalue weighted by molar-refractivity contribution is 5.78. The third-order valence-electron chi connectivity index (χ3n) is 2.91. The average molecular weight is 243 g/mol.